The summed E-state index contributed by atoms with van der Waals surface area (Å²) in [4.78, 5) is 0.0850. The van der Waals surface area contributed by atoms with Crippen LogP contribution < -0.4 is 10.0 Å². The topological polar surface area (TPSA) is 58.2 Å². The summed E-state index contributed by atoms with van der Waals surface area (Å²) in [6, 6.07) is 3.01. The number of nitrogens with one attached hydrogen (secondary N) is 2. The number of halogens is 2. The maximum atomic E-state index is 12.4. The van der Waals surface area contributed by atoms with E-state index in [1.807, 2.05) is 0 Å². The molecule has 0 saturated heterocycles. The van der Waals surface area contributed by atoms with E-state index in [0.29, 0.717) is 35.5 Å². The minimum Gasteiger partial charge on any atom is -0.316 e. The Morgan fingerprint density at radius 2 is 1.95 bits per heavy atom. The predicted molar refractivity (Wildman–Crippen MR) is 86.3 cm³/mol. The minimum absolute atomic E-state index is 0.0850. The van der Waals surface area contributed by atoms with Crippen molar-refractivity contribution in [3.8, 4) is 0 Å². The summed E-state index contributed by atoms with van der Waals surface area (Å²) in [6.45, 7) is 2.99. The van der Waals surface area contributed by atoms with Gasteiger partial charge in [-0.3, -0.25) is 0 Å². The molecule has 0 radical (unpaired) electrons. The fourth-order valence-corrected chi connectivity index (χ4v) is 4.26. The molecular formula is C14H20Cl2N2O2S. The SMILES string of the molecule is CNCc1cc(S(=O)(=O)NCC(C)C2CC2)c(Cl)cc1Cl. The molecule has 1 aliphatic carbocycles. The van der Waals surface area contributed by atoms with E-state index >= 15 is 0 Å². The van der Waals surface area contributed by atoms with Gasteiger partial charge >= 0.3 is 0 Å². The van der Waals surface area contributed by atoms with Crippen molar-refractivity contribution in [1.82, 2.24) is 10.0 Å². The first kappa shape index (κ1) is 17.0. The second-order valence-corrected chi connectivity index (χ2v) is 8.12. The molecule has 0 aliphatic heterocycles. The zero-order valence-electron chi connectivity index (χ0n) is 12.1. The largest absolute Gasteiger partial charge is 0.316 e. The van der Waals surface area contributed by atoms with E-state index in [-0.39, 0.29) is 9.92 Å². The zero-order chi connectivity index (χ0) is 15.6. The molecule has 0 aromatic heterocycles. The molecule has 1 unspecified atom stereocenters. The molecule has 2 N–H and O–H groups in total. The van der Waals surface area contributed by atoms with Crippen LogP contribution in [0.5, 0.6) is 0 Å². The molecule has 1 saturated carbocycles. The van der Waals surface area contributed by atoms with E-state index in [1.54, 1.807) is 7.05 Å². The monoisotopic (exact) mass is 350 g/mol. The lowest BCUT2D eigenvalue weighted by Crippen LogP contribution is -2.29. The zero-order valence-corrected chi connectivity index (χ0v) is 14.4. The van der Waals surface area contributed by atoms with Gasteiger partial charge < -0.3 is 5.32 Å². The number of benzene rings is 1. The molecule has 0 heterocycles. The molecule has 21 heavy (non-hydrogen) atoms. The van der Waals surface area contributed by atoms with Gasteiger partial charge in [-0.15, -0.1) is 0 Å². The smallest absolute Gasteiger partial charge is 0.242 e. The molecule has 2 rings (SSSR count). The first-order chi connectivity index (χ1) is 9.85. The van der Waals surface area contributed by atoms with Gasteiger partial charge in [-0.25, -0.2) is 13.1 Å². The lowest BCUT2D eigenvalue weighted by molar-refractivity contribution is 0.492. The lowest BCUT2D eigenvalue weighted by Gasteiger charge is -2.14. The Hall–Kier alpha value is -0.330. The maximum Gasteiger partial charge on any atom is 0.242 e. The van der Waals surface area contributed by atoms with Crippen LogP contribution in [0.2, 0.25) is 10.0 Å². The highest BCUT2D eigenvalue weighted by atomic mass is 35.5. The van der Waals surface area contributed by atoms with Crippen LogP contribution in [0, 0.1) is 11.8 Å². The van der Waals surface area contributed by atoms with Crippen molar-refractivity contribution in [3.05, 3.63) is 27.7 Å². The van der Waals surface area contributed by atoms with E-state index in [2.05, 4.69) is 17.0 Å². The van der Waals surface area contributed by atoms with Gasteiger partial charge in [-0.2, -0.15) is 0 Å². The maximum absolute atomic E-state index is 12.4. The molecule has 7 heteroatoms. The van der Waals surface area contributed by atoms with Crippen molar-refractivity contribution >= 4 is 33.2 Å². The number of rotatable bonds is 7. The van der Waals surface area contributed by atoms with Crippen LogP contribution >= 0.6 is 23.2 Å². The highest BCUT2D eigenvalue weighted by Crippen LogP contribution is 2.36. The highest BCUT2D eigenvalue weighted by molar-refractivity contribution is 7.89. The average molecular weight is 351 g/mol. The summed E-state index contributed by atoms with van der Waals surface area (Å²) in [5.41, 5.74) is 0.708. The van der Waals surface area contributed by atoms with Crippen LogP contribution in [0.15, 0.2) is 17.0 Å². The van der Waals surface area contributed by atoms with Crippen LogP contribution in [-0.2, 0) is 16.6 Å². The summed E-state index contributed by atoms with van der Waals surface area (Å²) >= 11 is 12.1. The second-order valence-electron chi connectivity index (χ2n) is 5.57. The van der Waals surface area contributed by atoms with E-state index in [0.717, 1.165) is 0 Å². The molecule has 1 aromatic rings. The van der Waals surface area contributed by atoms with Crippen LogP contribution in [0.25, 0.3) is 0 Å². The van der Waals surface area contributed by atoms with E-state index in [4.69, 9.17) is 23.2 Å². The molecule has 4 nitrogen and oxygen atoms in total. The van der Waals surface area contributed by atoms with Gasteiger partial charge in [0.2, 0.25) is 10.0 Å². The van der Waals surface area contributed by atoms with E-state index in [1.165, 1.54) is 25.0 Å². The average Bonchev–Trinajstić information content (AvgIpc) is 3.23. The predicted octanol–water partition coefficient (Wildman–Crippen LogP) is 3.04. The third-order valence-electron chi connectivity index (χ3n) is 3.78. The quantitative estimate of drug-likeness (QED) is 0.794. The third kappa shape index (κ3) is 4.33. The van der Waals surface area contributed by atoms with Gasteiger partial charge in [0.05, 0.1) is 5.02 Å². The first-order valence-electron chi connectivity index (χ1n) is 6.97. The Balaban J connectivity index is 2.19. The molecule has 1 atom stereocenters. The fourth-order valence-electron chi connectivity index (χ4n) is 2.25. The van der Waals surface area contributed by atoms with Crippen molar-refractivity contribution in [2.75, 3.05) is 13.6 Å². The Kier molecular flexibility index (Phi) is 5.54. The van der Waals surface area contributed by atoms with Gasteiger partial charge in [0.1, 0.15) is 4.90 Å². The summed E-state index contributed by atoms with van der Waals surface area (Å²) in [5.74, 6) is 0.996. The normalized spacial score (nSPS) is 17.0. The molecule has 0 amide bonds. The standard InChI is InChI=1S/C14H20Cl2N2O2S/c1-9(10-3-4-10)7-18-21(19,20)14-5-11(8-17-2)12(15)6-13(14)16/h5-6,9-10,17-18H,3-4,7-8H2,1-2H3. The lowest BCUT2D eigenvalue weighted by atomic mass is 10.1. The van der Waals surface area contributed by atoms with Crippen LogP contribution in [0.4, 0.5) is 0 Å². The fraction of sp³-hybridized carbons (Fsp3) is 0.571. The third-order valence-corrected chi connectivity index (χ3v) is 6.02. The Bertz CT molecular complexity index is 616. The van der Waals surface area contributed by atoms with Crippen molar-refractivity contribution in [2.45, 2.75) is 31.2 Å². The molecule has 0 spiro atoms. The van der Waals surface area contributed by atoms with Gasteiger partial charge in [0.25, 0.3) is 0 Å². The van der Waals surface area contributed by atoms with Crippen LogP contribution in [0.3, 0.4) is 0 Å². The number of sulfonamides is 1. The molecule has 1 aromatic carbocycles. The number of hydrogen-bond acceptors (Lipinski definition) is 3. The van der Waals surface area contributed by atoms with Crippen molar-refractivity contribution in [1.29, 1.82) is 0 Å². The van der Waals surface area contributed by atoms with Crippen molar-refractivity contribution in [2.24, 2.45) is 11.8 Å². The van der Waals surface area contributed by atoms with Gasteiger partial charge in [-0.1, -0.05) is 30.1 Å². The summed E-state index contributed by atoms with van der Waals surface area (Å²) in [6.07, 6.45) is 2.38. The molecule has 1 fully saturated rings. The van der Waals surface area contributed by atoms with Crippen LogP contribution in [0.1, 0.15) is 25.3 Å². The van der Waals surface area contributed by atoms with Gasteiger partial charge in [-0.05, 0) is 49.4 Å². The van der Waals surface area contributed by atoms with E-state index < -0.39 is 10.0 Å². The second kappa shape index (κ2) is 6.84. The molecule has 118 valence electrons. The molecule has 1 aliphatic rings. The summed E-state index contributed by atoms with van der Waals surface area (Å²) in [7, 11) is -1.85. The van der Waals surface area contributed by atoms with Crippen molar-refractivity contribution in [3.63, 3.8) is 0 Å². The van der Waals surface area contributed by atoms with Crippen molar-refractivity contribution < 1.29 is 8.42 Å². The number of hydrogen-bond donors (Lipinski definition) is 2. The Morgan fingerprint density at radius 1 is 1.29 bits per heavy atom. The Morgan fingerprint density at radius 3 is 2.52 bits per heavy atom. The highest BCUT2D eigenvalue weighted by Gasteiger charge is 2.29. The first-order valence-corrected chi connectivity index (χ1v) is 9.21. The summed E-state index contributed by atoms with van der Waals surface area (Å²) < 4.78 is 27.5. The molecular weight excluding hydrogens is 331 g/mol. The molecule has 0 bridgehead atoms. The van der Waals surface area contributed by atoms with Gasteiger partial charge in [0, 0.05) is 18.1 Å². The van der Waals surface area contributed by atoms with Crippen LogP contribution in [-0.4, -0.2) is 22.0 Å². The summed E-state index contributed by atoms with van der Waals surface area (Å²) in [5, 5.41) is 3.56. The van der Waals surface area contributed by atoms with E-state index in [9.17, 15) is 8.42 Å². The Labute approximate surface area is 136 Å². The minimum atomic E-state index is -3.62. The van der Waals surface area contributed by atoms with Gasteiger partial charge in [0.15, 0.2) is 0 Å².